The third-order valence-corrected chi connectivity index (χ3v) is 3.77. The van der Waals surface area contributed by atoms with Crippen LogP contribution >= 0.6 is 0 Å². The van der Waals surface area contributed by atoms with E-state index in [1.165, 1.54) is 6.07 Å². The first kappa shape index (κ1) is 19.2. The second kappa shape index (κ2) is 8.30. The maximum Gasteiger partial charge on any atom is 0.416 e. The molecule has 1 aliphatic heterocycles. The fourth-order valence-corrected chi connectivity index (χ4v) is 2.46. The summed E-state index contributed by atoms with van der Waals surface area (Å²) in [5, 5.41) is 2.40. The van der Waals surface area contributed by atoms with Gasteiger partial charge in [0.1, 0.15) is 0 Å². The van der Waals surface area contributed by atoms with Gasteiger partial charge < -0.3 is 20.7 Å². The lowest BCUT2D eigenvalue weighted by molar-refractivity contribution is -0.137. The van der Waals surface area contributed by atoms with E-state index >= 15 is 0 Å². The van der Waals surface area contributed by atoms with Crippen molar-refractivity contribution in [1.29, 1.82) is 0 Å². The Hall–Kier alpha value is -2.13. The number of alkyl halides is 3. The van der Waals surface area contributed by atoms with Crippen LogP contribution in [0.5, 0.6) is 0 Å². The van der Waals surface area contributed by atoms with Crippen LogP contribution < -0.4 is 11.1 Å². The molecule has 1 aliphatic rings. The van der Waals surface area contributed by atoms with Gasteiger partial charge in [-0.3, -0.25) is 9.59 Å². The van der Waals surface area contributed by atoms with Crippen LogP contribution in [-0.4, -0.2) is 43.0 Å². The zero-order chi connectivity index (χ0) is 18.4. The molecular formula is C16H20F3N3O3. The summed E-state index contributed by atoms with van der Waals surface area (Å²) >= 11 is 0. The van der Waals surface area contributed by atoms with Gasteiger partial charge in [0.2, 0.25) is 11.8 Å². The molecule has 2 rings (SSSR count). The smallest absolute Gasteiger partial charge is 0.378 e. The zero-order valence-electron chi connectivity index (χ0n) is 13.6. The van der Waals surface area contributed by atoms with E-state index in [-0.39, 0.29) is 36.5 Å². The summed E-state index contributed by atoms with van der Waals surface area (Å²) < 4.78 is 43.7. The molecule has 0 radical (unpaired) electrons. The molecule has 1 aromatic carbocycles. The predicted molar refractivity (Wildman–Crippen MR) is 84.6 cm³/mol. The maximum atomic E-state index is 12.9. The summed E-state index contributed by atoms with van der Waals surface area (Å²) in [6.07, 6.45) is -4.64. The molecule has 1 saturated heterocycles. The first-order valence-corrected chi connectivity index (χ1v) is 7.86. The number of amides is 2. The maximum absolute atomic E-state index is 12.9. The number of nitrogens with zero attached hydrogens (tertiary/aromatic N) is 1. The van der Waals surface area contributed by atoms with Crippen LogP contribution in [0.25, 0.3) is 0 Å². The number of nitrogens with one attached hydrogen (secondary N) is 1. The summed E-state index contributed by atoms with van der Waals surface area (Å²) in [6, 6.07) is 3.18. The Kier molecular flexibility index (Phi) is 6.38. The Bertz CT molecular complexity index is 629. The van der Waals surface area contributed by atoms with Gasteiger partial charge in [-0.2, -0.15) is 13.2 Å². The van der Waals surface area contributed by atoms with Crippen molar-refractivity contribution in [3.63, 3.8) is 0 Å². The number of carbonyl (C=O) groups is 2. The van der Waals surface area contributed by atoms with Crippen molar-refractivity contribution in [3.8, 4) is 0 Å². The molecule has 0 aliphatic carbocycles. The Morgan fingerprint density at radius 1 is 1.16 bits per heavy atom. The highest BCUT2D eigenvalue weighted by Gasteiger charge is 2.31. The number of rotatable bonds is 5. The van der Waals surface area contributed by atoms with Crippen molar-refractivity contribution in [2.24, 2.45) is 5.73 Å². The van der Waals surface area contributed by atoms with Gasteiger partial charge in [0.15, 0.2) is 0 Å². The molecule has 0 atom stereocenters. The van der Waals surface area contributed by atoms with E-state index in [0.717, 1.165) is 12.1 Å². The van der Waals surface area contributed by atoms with E-state index < -0.39 is 17.6 Å². The largest absolute Gasteiger partial charge is 0.416 e. The fourth-order valence-electron chi connectivity index (χ4n) is 2.46. The van der Waals surface area contributed by atoms with Crippen molar-refractivity contribution in [2.45, 2.75) is 25.6 Å². The second-order valence-corrected chi connectivity index (χ2v) is 5.66. The van der Waals surface area contributed by atoms with Crippen LogP contribution in [0.15, 0.2) is 18.2 Å². The van der Waals surface area contributed by atoms with Gasteiger partial charge >= 0.3 is 6.18 Å². The number of hydrogen-bond acceptors (Lipinski definition) is 4. The van der Waals surface area contributed by atoms with Crippen molar-refractivity contribution in [2.75, 3.05) is 31.6 Å². The Balaban J connectivity index is 1.94. The molecule has 0 spiro atoms. The van der Waals surface area contributed by atoms with E-state index in [1.54, 1.807) is 4.90 Å². The first-order valence-electron chi connectivity index (χ1n) is 7.86. The third kappa shape index (κ3) is 5.71. The minimum atomic E-state index is -4.53. The van der Waals surface area contributed by atoms with Gasteiger partial charge in [-0.25, -0.2) is 0 Å². The van der Waals surface area contributed by atoms with Gasteiger partial charge in [0.05, 0.1) is 18.8 Å². The molecule has 1 heterocycles. The van der Waals surface area contributed by atoms with Gasteiger partial charge in [0, 0.05) is 38.2 Å². The lowest BCUT2D eigenvalue weighted by Gasteiger charge is -2.26. The van der Waals surface area contributed by atoms with Gasteiger partial charge in [0.25, 0.3) is 0 Å². The summed E-state index contributed by atoms with van der Waals surface area (Å²) in [5.74, 6) is -0.700. The standard InChI is InChI=1S/C16H20F3N3O3/c17-16(18,19)12-7-11(10-20)8-13(9-12)21-14(23)1-2-15(24)22-3-5-25-6-4-22/h7-9H,1-6,10,20H2,(H,21,23). The summed E-state index contributed by atoms with van der Waals surface area (Å²) in [6.45, 7) is 1.80. The van der Waals surface area contributed by atoms with Crippen LogP contribution in [0.4, 0.5) is 18.9 Å². The molecular weight excluding hydrogens is 339 g/mol. The highest BCUT2D eigenvalue weighted by atomic mass is 19.4. The van der Waals surface area contributed by atoms with Gasteiger partial charge in [-0.15, -0.1) is 0 Å². The van der Waals surface area contributed by atoms with Crippen molar-refractivity contribution in [3.05, 3.63) is 29.3 Å². The van der Waals surface area contributed by atoms with Gasteiger partial charge in [-0.05, 0) is 23.8 Å². The summed E-state index contributed by atoms with van der Waals surface area (Å²) in [7, 11) is 0. The number of benzene rings is 1. The molecule has 0 unspecified atom stereocenters. The summed E-state index contributed by atoms with van der Waals surface area (Å²) in [5.41, 5.74) is 4.79. The topological polar surface area (TPSA) is 84.7 Å². The number of nitrogens with two attached hydrogens (primary N) is 1. The van der Waals surface area contributed by atoms with Crippen LogP contribution in [0.1, 0.15) is 24.0 Å². The van der Waals surface area contributed by atoms with E-state index in [1.807, 2.05) is 0 Å². The molecule has 1 aromatic rings. The number of carbonyl (C=O) groups excluding carboxylic acids is 2. The average molecular weight is 359 g/mol. The average Bonchev–Trinajstić information content (AvgIpc) is 2.59. The monoisotopic (exact) mass is 359 g/mol. The Morgan fingerprint density at radius 2 is 1.84 bits per heavy atom. The van der Waals surface area contributed by atoms with E-state index in [0.29, 0.717) is 26.3 Å². The quantitative estimate of drug-likeness (QED) is 0.839. The van der Waals surface area contributed by atoms with E-state index in [4.69, 9.17) is 10.5 Å². The van der Waals surface area contributed by atoms with Gasteiger partial charge in [-0.1, -0.05) is 0 Å². The molecule has 1 fully saturated rings. The van der Waals surface area contributed by atoms with E-state index in [2.05, 4.69) is 5.32 Å². The molecule has 9 heteroatoms. The second-order valence-electron chi connectivity index (χ2n) is 5.66. The third-order valence-electron chi connectivity index (χ3n) is 3.77. The lowest BCUT2D eigenvalue weighted by Crippen LogP contribution is -2.40. The molecule has 0 saturated carbocycles. The normalized spacial score (nSPS) is 15.1. The number of morpholine rings is 1. The van der Waals surface area contributed by atoms with Crippen LogP contribution in [-0.2, 0) is 27.0 Å². The molecule has 6 nitrogen and oxygen atoms in total. The van der Waals surface area contributed by atoms with E-state index in [9.17, 15) is 22.8 Å². The van der Waals surface area contributed by atoms with Crippen LogP contribution in [0.2, 0.25) is 0 Å². The predicted octanol–water partition coefficient (Wildman–Crippen LogP) is 1.74. The molecule has 25 heavy (non-hydrogen) atoms. The molecule has 0 bridgehead atoms. The number of halogens is 3. The molecule has 0 aromatic heterocycles. The van der Waals surface area contributed by atoms with Crippen molar-refractivity contribution < 1.29 is 27.5 Å². The SMILES string of the molecule is NCc1cc(NC(=O)CCC(=O)N2CCOCC2)cc(C(F)(F)F)c1. The minimum Gasteiger partial charge on any atom is -0.378 e. The zero-order valence-corrected chi connectivity index (χ0v) is 13.6. The number of hydrogen-bond donors (Lipinski definition) is 2. The lowest BCUT2D eigenvalue weighted by atomic mass is 10.1. The Labute approximate surface area is 143 Å². The fraction of sp³-hybridized carbons (Fsp3) is 0.500. The van der Waals surface area contributed by atoms with Crippen LogP contribution in [0.3, 0.4) is 0 Å². The Morgan fingerprint density at radius 3 is 2.44 bits per heavy atom. The van der Waals surface area contributed by atoms with Crippen molar-refractivity contribution >= 4 is 17.5 Å². The highest BCUT2D eigenvalue weighted by molar-refractivity contribution is 5.93. The molecule has 138 valence electrons. The molecule has 2 amide bonds. The first-order chi connectivity index (χ1) is 11.8. The molecule has 3 N–H and O–H groups in total. The summed E-state index contributed by atoms with van der Waals surface area (Å²) in [4.78, 5) is 25.5. The van der Waals surface area contributed by atoms with Crippen LogP contribution in [0, 0.1) is 0 Å². The van der Waals surface area contributed by atoms with Crippen molar-refractivity contribution in [1.82, 2.24) is 4.90 Å². The highest BCUT2D eigenvalue weighted by Crippen LogP contribution is 2.32. The minimum absolute atomic E-state index is 0.00542. The number of ether oxygens (including phenoxy) is 1. The number of anilines is 1.